The van der Waals surface area contributed by atoms with Crippen molar-refractivity contribution in [1.82, 2.24) is 15.1 Å². The summed E-state index contributed by atoms with van der Waals surface area (Å²) < 4.78 is 11.1. The largest absolute Gasteiger partial charge is 0.486 e. The van der Waals surface area contributed by atoms with Gasteiger partial charge in [-0.2, -0.15) is 5.10 Å². The molecule has 0 aliphatic carbocycles. The maximum absolute atomic E-state index is 12.7. The van der Waals surface area contributed by atoms with E-state index in [1.165, 1.54) is 0 Å². The average molecular weight is 313 g/mol. The van der Waals surface area contributed by atoms with Gasteiger partial charge >= 0.3 is 0 Å². The summed E-state index contributed by atoms with van der Waals surface area (Å²) in [6.07, 6.45) is 2.79. The summed E-state index contributed by atoms with van der Waals surface area (Å²) in [5.74, 6) is 1.74. The second-order valence-corrected chi connectivity index (χ2v) is 6.06. The van der Waals surface area contributed by atoms with E-state index in [4.69, 9.17) is 9.47 Å². The molecule has 2 aliphatic heterocycles. The molecule has 1 aromatic carbocycles. The van der Waals surface area contributed by atoms with Gasteiger partial charge in [0.2, 0.25) is 0 Å². The topological polar surface area (TPSA) is 67.5 Å². The van der Waals surface area contributed by atoms with E-state index >= 15 is 0 Å². The summed E-state index contributed by atoms with van der Waals surface area (Å²) in [6.45, 7) is 4.60. The first-order valence-electron chi connectivity index (χ1n) is 7.91. The highest BCUT2D eigenvalue weighted by atomic mass is 16.6. The summed E-state index contributed by atoms with van der Waals surface area (Å²) in [6, 6.07) is 5.41. The lowest BCUT2D eigenvalue weighted by atomic mass is 10.0. The third-order valence-corrected chi connectivity index (χ3v) is 4.54. The van der Waals surface area contributed by atoms with Crippen molar-refractivity contribution in [2.24, 2.45) is 0 Å². The van der Waals surface area contributed by atoms with Crippen molar-refractivity contribution in [3.05, 3.63) is 41.2 Å². The number of aromatic amines is 1. The number of likely N-dealkylation sites (tertiary alicyclic amines) is 1. The van der Waals surface area contributed by atoms with Gasteiger partial charge in [0, 0.05) is 30.3 Å². The molecule has 1 amide bonds. The SMILES string of the molecule is Cc1cn[nH]c1[C@@H]1CCN(C(=O)c2ccc3c(c2)OCCO3)C1. The molecule has 0 bridgehead atoms. The van der Waals surface area contributed by atoms with Crippen LogP contribution in [0.2, 0.25) is 0 Å². The Bertz CT molecular complexity index is 740. The maximum Gasteiger partial charge on any atom is 0.254 e. The summed E-state index contributed by atoms with van der Waals surface area (Å²) in [5, 5.41) is 7.15. The molecule has 3 heterocycles. The number of rotatable bonds is 2. The number of aromatic nitrogens is 2. The minimum absolute atomic E-state index is 0.0432. The number of benzene rings is 1. The molecule has 1 atom stereocenters. The molecule has 23 heavy (non-hydrogen) atoms. The Balaban J connectivity index is 1.51. The Morgan fingerprint density at radius 2 is 2.13 bits per heavy atom. The molecule has 0 radical (unpaired) electrons. The highest BCUT2D eigenvalue weighted by Gasteiger charge is 2.30. The number of carbonyl (C=O) groups is 1. The zero-order valence-corrected chi connectivity index (χ0v) is 13.0. The lowest BCUT2D eigenvalue weighted by Crippen LogP contribution is -2.28. The number of carbonyl (C=O) groups excluding carboxylic acids is 1. The van der Waals surface area contributed by atoms with Crippen LogP contribution in [0.25, 0.3) is 0 Å². The standard InChI is InChI=1S/C17H19N3O3/c1-11-9-18-19-16(11)13-4-5-20(10-13)17(21)12-2-3-14-15(8-12)23-7-6-22-14/h2-3,8-9,13H,4-7,10H2,1H3,(H,18,19)/t13-/m1/s1. The predicted octanol–water partition coefficient (Wildman–Crippen LogP) is 2.12. The number of hydrogen-bond donors (Lipinski definition) is 1. The van der Waals surface area contributed by atoms with Crippen LogP contribution in [0.1, 0.15) is 34.0 Å². The molecule has 6 nitrogen and oxygen atoms in total. The Hall–Kier alpha value is -2.50. The molecule has 1 saturated heterocycles. The van der Waals surface area contributed by atoms with Crippen LogP contribution in [0.15, 0.2) is 24.4 Å². The minimum atomic E-state index is 0.0432. The number of aryl methyl sites for hydroxylation is 1. The molecule has 0 unspecified atom stereocenters. The van der Waals surface area contributed by atoms with E-state index in [2.05, 4.69) is 10.2 Å². The first kappa shape index (κ1) is 14.1. The van der Waals surface area contributed by atoms with Gasteiger partial charge in [0.25, 0.3) is 5.91 Å². The summed E-state index contributed by atoms with van der Waals surface area (Å²) >= 11 is 0. The molecule has 6 heteroatoms. The number of nitrogens with zero attached hydrogens (tertiary/aromatic N) is 2. The lowest BCUT2D eigenvalue weighted by molar-refractivity contribution is 0.0789. The van der Waals surface area contributed by atoms with Crippen molar-refractivity contribution < 1.29 is 14.3 Å². The van der Waals surface area contributed by atoms with Crippen LogP contribution in [0.3, 0.4) is 0 Å². The van der Waals surface area contributed by atoms with Gasteiger partial charge in [-0.05, 0) is 37.1 Å². The molecule has 0 saturated carbocycles. The second-order valence-electron chi connectivity index (χ2n) is 6.06. The van der Waals surface area contributed by atoms with Crippen LogP contribution < -0.4 is 9.47 Å². The van der Waals surface area contributed by atoms with Crippen LogP contribution in [-0.2, 0) is 0 Å². The molecular formula is C17H19N3O3. The van der Waals surface area contributed by atoms with Crippen LogP contribution in [0.4, 0.5) is 0 Å². The van der Waals surface area contributed by atoms with Crippen LogP contribution in [0.5, 0.6) is 11.5 Å². The van der Waals surface area contributed by atoms with E-state index in [1.54, 1.807) is 6.07 Å². The van der Waals surface area contributed by atoms with Gasteiger partial charge in [0.05, 0.1) is 6.20 Å². The Morgan fingerprint density at radius 1 is 1.30 bits per heavy atom. The van der Waals surface area contributed by atoms with Gasteiger partial charge in [-0.3, -0.25) is 9.89 Å². The fourth-order valence-electron chi connectivity index (χ4n) is 3.31. The van der Waals surface area contributed by atoms with Gasteiger partial charge in [0.1, 0.15) is 13.2 Å². The fourth-order valence-corrected chi connectivity index (χ4v) is 3.31. The Morgan fingerprint density at radius 3 is 2.91 bits per heavy atom. The molecule has 2 aliphatic rings. The number of ether oxygens (including phenoxy) is 2. The third kappa shape index (κ3) is 2.54. The number of H-pyrrole nitrogens is 1. The highest BCUT2D eigenvalue weighted by molar-refractivity contribution is 5.95. The maximum atomic E-state index is 12.7. The molecule has 2 aromatic rings. The van der Waals surface area contributed by atoms with Crippen molar-refractivity contribution in [1.29, 1.82) is 0 Å². The zero-order chi connectivity index (χ0) is 15.8. The monoisotopic (exact) mass is 313 g/mol. The van der Waals surface area contributed by atoms with E-state index in [0.717, 1.165) is 30.8 Å². The Kier molecular flexibility index (Phi) is 3.44. The summed E-state index contributed by atoms with van der Waals surface area (Å²) in [4.78, 5) is 14.6. The molecular weight excluding hydrogens is 294 g/mol. The van der Waals surface area contributed by atoms with E-state index in [-0.39, 0.29) is 5.91 Å². The van der Waals surface area contributed by atoms with Crippen molar-refractivity contribution in [2.75, 3.05) is 26.3 Å². The normalized spacial score (nSPS) is 19.9. The van der Waals surface area contributed by atoms with Crippen molar-refractivity contribution >= 4 is 5.91 Å². The molecule has 1 aromatic heterocycles. The van der Waals surface area contributed by atoms with Gasteiger partial charge < -0.3 is 14.4 Å². The highest BCUT2D eigenvalue weighted by Crippen LogP contribution is 2.33. The summed E-state index contributed by atoms with van der Waals surface area (Å²) in [7, 11) is 0. The van der Waals surface area contributed by atoms with Crippen LogP contribution in [0, 0.1) is 6.92 Å². The van der Waals surface area contributed by atoms with E-state index in [0.29, 0.717) is 36.2 Å². The first-order valence-corrected chi connectivity index (χ1v) is 7.91. The van der Waals surface area contributed by atoms with Gasteiger partial charge in [-0.15, -0.1) is 0 Å². The quantitative estimate of drug-likeness (QED) is 0.922. The van der Waals surface area contributed by atoms with E-state index in [9.17, 15) is 4.79 Å². The van der Waals surface area contributed by atoms with Crippen LogP contribution >= 0.6 is 0 Å². The molecule has 0 spiro atoms. The van der Waals surface area contributed by atoms with Crippen molar-refractivity contribution in [3.63, 3.8) is 0 Å². The average Bonchev–Trinajstić information content (AvgIpc) is 3.22. The third-order valence-electron chi connectivity index (χ3n) is 4.54. The van der Waals surface area contributed by atoms with E-state index < -0.39 is 0 Å². The van der Waals surface area contributed by atoms with Crippen molar-refractivity contribution in [2.45, 2.75) is 19.3 Å². The number of nitrogens with one attached hydrogen (secondary N) is 1. The molecule has 4 rings (SSSR count). The number of hydrogen-bond acceptors (Lipinski definition) is 4. The molecule has 1 fully saturated rings. The zero-order valence-electron chi connectivity index (χ0n) is 13.0. The second kappa shape index (κ2) is 5.61. The predicted molar refractivity (Wildman–Crippen MR) is 84.0 cm³/mol. The van der Waals surface area contributed by atoms with Gasteiger partial charge in [0.15, 0.2) is 11.5 Å². The molecule has 120 valence electrons. The number of amides is 1. The minimum Gasteiger partial charge on any atom is -0.486 e. The van der Waals surface area contributed by atoms with Gasteiger partial charge in [-0.1, -0.05) is 0 Å². The fraction of sp³-hybridized carbons (Fsp3) is 0.412. The smallest absolute Gasteiger partial charge is 0.254 e. The molecule has 1 N–H and O–H groups in total. The Labute approximate surface area is 134 Å². The van der Waals surface area contributed by atoms with E-state index in [1.807, 2.05) is 30.2 Å². The first-order chi connectivity index (χ1) is 11.2. The lowest BCUT2D eigenvalue weighted by Gasteiger charge is -2.20. The summed E-state index contributed by atoms with van der Waals surface area (Å²) in [5.41, 5.74) is 2.95. The van der Waals surface area contributed by atoms with Crippen LogP contribution in [-0.4, -0.2) is 47.3 Å². The number of fused-ring (bicyclic) bond motifs is 1. The van der Waals surface area contributed by atoms with Crippen molar-refractivity contribution in [3.8, 4) is 11.5 Å². The van der Waals surface area contributed by atoms with Gasteiger partial charge in [-0.25, -0.2) is 0 Å².